The lowest BCUT2D eigenvalue weighted by Crippen LogP contribution is -2.20. The van der Waals surface area contributed by atoms with Crippen LogP contribution in [0.1, 0.15) is 22.8 Å². The fourth-order valence-electron chi connectivity index (χ4n) is 3.84. The number of carbonyl (C=O) groups excluding carboxylic acids is 1. The van der Waals surface area contributed by atoms with Gasteiger partial charge in [-0.05, 0) is 91.3 Å². The van der Waals surface area contributed by atoms with Crippen molar-refractivity contribution in [1.82, 2.24) is 9.66 Å². The molecule has 0 aliphatic carbocycles. The number of hydrogen-bond acceptors (Lipinski definition) is 6. The molecule has 5 aromatic rings. The van der Waals surface area contributed by atoms with Crippen molar-refractivity contribution in [2.24, 2.45) is 5.10 Å². The SMILES string of the molecule is CCOc1cc(C=Nn2c(-c3ccc(Cl)cc3)nc3ccccc3c2=O)ccc1OC(=O)c1ccc(Br)cc1. The quantitative estimate of drug-likeness (QED) is 0.114. The van der Waals surface area contributed by atoms with Crippen LogP contribution in [0.15, 0.2) is 105 Å². The normalized spacial score (nSPS) is 11.2. The van der Waals surface area contributed by atoms with Crippen LogP contribution in [0.25, 0.3) is 22.3 Å². The average Bonchev–Trinajstić information content (AvgIpc) is 2.94. The van der Waals surface area contributed by atoms with E-state index >= 15 is 0 Å². The topological polar surface area (TPSA) is 82.8 Å². The van der Waals surface area contributed by atoms with Crippen LogP contribution in [0.3, 0.4) is 0 Å². The van der Waals surface area contributed by atoms with Crippen molar-refractivity contribution >= 4 is 50.6 Å². The summed E-state index contributed by atoms with van der Waals surface area (Å²) in [5.74, 6) is 0.505. The summed E-state index contributed by atoms with van der Waals surface area (Å²) in [7, 11) is 0. The Morgan fingerprint density at radius 2 is 1.74 bits per heavy atom. The highest BCUT2D eigenvalue weighted by atomic mass is 79.9. The number of rotatable bonds is 7. The summed E-state index contributed by atoms with van der Waals surface area (Å²) in [6, 6.07) is 26.0. The zero-order valence-electron chi connectivity index (χ0n) is 20.7. The first-order valence-electron chi connectivity index (χ1n) is 12.0. The Kier molecular flexibility index (Phi) is 7.86. The number of hydrogen-bond donors (Lipinski definition) is 0. The predicted molar refractivity (Wildman–Crippen MR) is 156 cm³/mol. The molecule has 0 atom stereocenters. The first-order valence-corrected chi connectivity index (χ1v) is 13.2. The van der Waals surface area contributed by atoms with Crippen molar-refractivity contribution < 1.29 is 14.3 Å². The number of benzene rings is 4. The molecule has 0 amide bonds. The van der Waals surface area contributed by atoms with Crippen molar-refractivity contribution in [2.75, 3.05) is 6.61 Å². The largest absolute Gasteiger partial charge is 0.490 e. The van der Waals surface area contributed by atoms with Gasteiger partial charge in [-0.25, -0.2) is 9.78 Å². The molecule has 0 fully saturated rings. The average molecular weight is 603 g/mol. The van der Waals surface area contributed by atoms with Crippen molar-refractivity contribution in [3.63, 3.8) is 0 Å². The van der Waals surface area contributed by atoms with Crippen LogP contribution in [-0.4, -0.2) is 28.5 Å². The van der Waals surface area contributed by atoms with E-state index in [0.29, 0.717) is 50.8 Å². The van der Waals surface area contributed by atoms with E-state index in [9.17, 15) is 9.59 Å². The maximum atomic E-state index is 13.4. The molecule has 7 nitrogen and oxygen atoms in total. The smallest absolute Gasteiger partial charge is 0.343 e. The van der Waals surface area contributed by atoms with E-state index < -0.39 is 5.97 Å². The van der Waals surface area contributed by atoms with Crippen LogP contribution >= 0.6 is 27.5 Å². The van der Waals surface area contributed by atoms with Crippen molar-refractivity contribution in [3.05, 3.63) is 122 Å². The Morgan fingerprint density at radius 3 is 2.49 bits per heavy atom. The van der Waals surface area contributed by atoms with Gasteiger partial charge in [0.25, 0.3) is 5.56 Å². The molecule has 1 aromatic heterocycles. The van der Waals surface area contributed by atoms with E-state index in [1.54, 1.807) is 84.9 Å². The van der Waals surface area contributed by atoms with E-state index in [4.69, 9.17) is 26.1 Å². The lowest BCUT2D eigenvalue weighted by molar-refractivity contribution is 0.0728. The second-order valence-corrected chi connectivity index (χ2v) is 9.71. The Morgan fingerprint density at radius 1 is 1.00 bits per heavy atom. The molecule has 194 valence electrons. The molecule has 9 heteroatoms. The summed E-state index contributed by atoms with van der Waals surface area (Å²) in [6.07, 6.45) is 1.53. The van der Waals surface area contributed by atoms with E-state index in [1.807, 2.05) is 13.0 Å². The Hall–Kier alpha value is -4.27. The van der Waals surface area contributed by atoms with E-state index in [1.165, 1.54) is 10.9 Å². The third-order valence-corrected chi connectivity index (χ3v) is 6.51. The fourth-order valence-corrected chi connectivity index (χ4v) is 4.23. The third kappa shape index (κ3) is 5.92. The molecule has 4 aromatic carbocycles. The maximum Gasteiger partial charge on any atom is 0.343 e. The van der Waals surface area contributed by atoms with Gasteiger partial charge < -0.3 is 9.47 Å². The zero-order chi connectivity index (χ0) is 27.4. The third-order valence-electron chi connectivity index (χ3n) is 5.73. The monoisotopic (exact) mass is 601 g/mol. The fraction of sp³-hybridized carbons (Fsp3) is 0.0667. The Balaban J connectivity index is 1.51. The molecule has 0 unspecified atom stereocenters. The van der Waals surface area contributed by atoms with Gasteiger partial charge in [-0.15, -0.1) is 0 Å². The summed E-state index contributed by atoms with van der Waals surface area (Å²) in [5.41, 5.74) is 1.97. The highest BCUT2D eigenvalue weighted by Gasteiger charge is 2.15. The summed E-state index contributed by atoms with van der Waals surface area (Å²) in [4.78, 5) is 30.7. The lowest BCUT2D eigenvalue weighted by atomic mass is 10.2. The summed E-state index contributed by atoms with van der Waals surface area (Å²) < 4.78 is 13.4. The van der Waals surface area contributed by atoms with Crippen molar-refractivity contribution in [2.45, 2.75) is 6.92 Å². The van der Waals surface area contributed by atoms with Crippen LogP contribution < -0.4 is 15.0 Å². The number of halogens is 2. The molecule has 0 N–H and O–H groups in total. The van der Waals surface area contributed by atoms with E-state index in [2.05, 4.69) is 21.0 Å². The number of carbonyl (C=O) groups is 1. The van der Waals surface area contributed by atoms with Gasteiger partial charge in [-0.3, -0.25) is 4.79 Å². The van der Waals surface area contributed by atoms with Gasteiger partial charge >= 0.3 is 5.97 Å². The summed E-state index contributed by atoms with van der Waals surface area (Å²) in [5, 5.41) is 5.50. The number of aromatic nitrogens is 2. The Bertz CT molecular complexity index is 1750. The van der Waals surface area contributed by atoms with Crippen molar-refractivity contribution in [3.8, 4) is 22.9 Å². The predicted octanol–water partition coefficient (Wildman–Crippen LogP) is 6.98. The van der Waals surface area contributed by atoms with Gasteiger partial charge in [0.15, 0.2) is 17.3 Å². The number of esters is 1. The number of fused-ring (bicyclic) bond motifs is 1. The highest BCUT2D eigenvalue weighted by molar-refractivity contribution is 9.10. The molecular weight excluding hydrogens is 582 g/mol. The minimum atomic E-state index is -0.508. The maximum absolute atomic E-state index is 13.4. The van der Waals surface area contributed by atoms with E-state index in [0.717, 1.165) is 4.47 Å². The molecule has 0 aliphatic heterocycles. The molecule has 0 saturated heterocycles. The number of ether oxygens (including phenoxy) is 2. The summed E-state index contributed by atoms with van der Waals surface area (Å²) in [6.45, 7) is 2.19. The van der Waals surface area contributed by atoms with Crippen LogP contribution in [0, 0.1) is 0 Å². The lowest BCUT2D eigenvalue weighted by Gasteiger charge is -2.12. The second-order valence-electron chi connectivity index (χ2n) is 8.36. The minimum absolute atomic E-state index is 0.272. The Labute approximate surface area is 237 Å². The highest BCUT2D eigenvalue weighted by Crippen LogP contribution is 2.29. The van der Waals surface area contributed by atoms with Gasteiger partial charge in [0.2, 0.25) is 0 Å². The van der Waals surface area contributed by atoms with Gasteiger partial charge in [0, 0.05) is 15.1 Å². The molecule has 0 aliphatic rings. The van der Waals surface area contributed by atoms with Gasteiger partial charge in [-0.1, -0.05) is 39.7 Å². The van der Waals surface area contributed by atoms with Crippen LogP contribution in [0.5, 0.6) is 11.5 Å². The van der Waals surface area contributed by atoms with Gasteiger partial charge in [0.1, 0.15) is 0 Å². The first kappa shape index (κ1) is 26.3. The molecule has 0 radical (unpaired) electrons. The minimum Gasteiger partial charge on any atom is -0.490 e. The molecule has 0 saturated carbocycles. The van der Waals surface area contributed by atoms with Crippen LogP contribution in [-0.2, 0) is 0 Å². The molecule has 39 heavy (non-hydrogen) atoms. The molecule has 0 spiro atoms. The zero-order valence-corrected chi connectivity index (χ0v) is 23.0. The number of nitrogens with zero attached hydrogens (tertiary/aromatic N) is 3. The molecule has 0 bridgehead atoms. The molecule has 1 heterocycles. The van der Waals surface area contributed by atoms with Gasteiger partial charge in [0.05, 0.1) is 29.3 Å². The number of para-hydroxylation sites is 1. The van der Waals surface area contributed by atoms with E-state index in [-0.39, 0.29) is 11.3 Å². The molecular formula is C30H21BrClN3O4. The standard InChI is InChI=1S/C30H21BrClN3O4/c1-2-38-27-17-19(7-16-26(27)39-30(37)21-8-12-22(31)13-9-21)18-33-35-28(20-10-14-23(32)15-11-20)34-25-6-4-3-5-24(25)29(35)36/h3-18H,2H2,1H3. The molecule has 5 rings (SSSR count). The van der Waals surface area contributed by atoms with Crippen LogP contribution in [0.4, 0.5) is 0 Å². The second kappa shape index (κ2) is 11.6. The van der Waals surface area contributed by atoms with Crippen LogP contribution in [0.2, 0.25) is 5.02 Å². The van der Waals surface area contributed by atoms with Gasteiger partial charge in [-0.2, -0.15) is 9.78 Å². The van der Waals surface area contributed by atoms with Crippen molar-refractivity contribution in [1.29, 1.82) is 0 Å². The first-order chi connectivity index (χ1) is 18.9. The summed E-state index contributed by atoms with van der Waals surface area (Å²) >= 11 is 9.42.